The number of rotatable bonds is 3. The number of piperidine rings is 1. The number of aliphatic hydroxyl groups excluding tert-OH is 1. The molecule has 1 rings (SSSR count). The van der Waals surface area contributed by atoms with Crippen molar-refractivity contribution in [2.24, 2.45) is 0 Å². The second-order valence-corrected chi connectivity index (χ2v) is 13.8. The second-order valence-electron chi connectivity index (χ2n) is 9.03. The van der Waals surface area contributed by atoms with E-state index in [1.807, 2.05) is 20.8 Å². The van der Waals surface area contributed by atoms with Crippen molar-refractivity contribution in [2.75, 3.05) is 13.2 Å². The van der Waals surface area contributed by atoms with Crippen LogP contribution in [-0.4, -0.2) is 55.3 Å². The molecule has 0 aromatic carbocycles. The highest BCUT2D eigenvalue weighted by molar-refractivity contribution is 6.74. The van der Waals surface area contributed by atoms with Crippen LogP contribution >= 0.6 is 0 Å². The van der Waals surface area contributed by atoms with Crippen molar-refractivity contribution >= 4 is 14.4 Å². The predicted molar refractivity (Wildman–Crippen MR) is 95.1 cm³/mol. The number of ether oxygens (including phenoxy) is 1. The SMILES string of the molecule is CC(C)(C)OC(=O)N1CCC(O[Si](C)(C)C(C)(C)C)CC1CO. The molecule has 0 saturated carbocycles. The molecule has 136 valence electrons. The first-order chi connectivity index (χ1) is 10.3. The third-order valence-corrected chi connectivity index (χ3v) is 9.31. The molecule has 0 aliphatic carbocycles. The van der Waals surface area contributed by atoms with E-state index in [9.17, 15) is 9.90 Å². The van der Waals surface area contributed by atoms with Crippen LogP contribution in [0, 0.1) is 0 Å². The summed E-state index contributed by atoms with van der Waals surface area (Å²) in [6.45, 7) is 17.2. The Bertz CT molecular complexity index is 412. The maximum Gasteiger partial charge on any atom is 0.410 e. The van der Waals surface area contributed by atoms with Gasteiger partial charge >= 0.3 is 6.09 Å². The van der Waals surface area contributed by atoms with Crippen LogP contribution in [0.3, 0.4) is 0 Å². The molecule has 0 radical (unpaired) electrons. The summed E-state index contributed by atoms with van der Waals surface area (Å²) in [5.41, 5.74) is -0.522. The van der Waals surface area contributed by atoms with Gasteiger partial charge in [-0.2, -0.15) is 0 Å². The molecule has 1 aliphatic rings. The number of carbonyl (C=O) groups is 1. The van der Waals surface area contributed by atoms with E-state index in [0.717, 1.165) is 6.42 Å². The fraction of sp³-hybridized carbons (Fsp3) is 0.941. The molecule has 2 atom stereocenters. The number of likely N-dealkylation sites (tertiary alicyclic amines) is 1. The molecular weight excluding hydrogens is 310 g/mol. The van der Waals surface area contributed by atoms with Crippen molar-refractivity contribution in [3.05, 3.63) is 0 Å². The minimum atomic E-state index is -1.84. The number of hydrogen-bond acceptors (Lipinski definition) is 4. The van der Waals surface area contributed by atoms with E-state index in [1.165, 1.54) is 0 Å². The van der Waals surface area contributed by atoms with E-state index in [-0.39, 0.29) is 29.9 Å². The average molecular weight is 346 g/mol. The molecule has 0 aromatic rings. The summed E-state index contributed by atoms with van der Waals surface area (Å²) in [6.07, 6.45) is 1.22. The summed E-state index contributed by atoms with van der Waals surface area (Å²) < 4.78 is 11.9. The summed E-state index contributed by atoms with van der Waals surface area (Å²) in [5.74, 6) is 0. The van der Waals surface area contributed by atoms with Gasteiger partial charge in [-0.3, -0.25) is 0 Å². The van der Waals surface area contributed by atoms with E-state index in [0.29, 0.717) is 13.0 Å². The van der Waals surface area contributed by atoms with Gasteiger partial charge in [-0.15, -0.1) is 0 Å². The maximum absolute atomic E-state index is 12.3. The Labute approximate surface area is 142 Å². The van der Waals surface area contributed by atoms with Gasteiger partial charge in [0, 0.05) is 12.6 Å². The number of aliphatic hydroxyl groups is 1. The lowest BCUT2D eigenvalue weighted by molar-refractivity contribution is -0.0163. The highest BCUT2D eigenvalue weighted by Gasteiger charge is 2.42. The van der Waals surface area contributed by atoms with Gasteiger partial charge in [0.2, 0.25) is 0 Å². The number of nitrogens with zero attached hydrogens (tertiary/aromatic N) is 1. The third-order valence-electron chi connectivity index (χ3n) is 4.77. The Hall–Kier alpha value is -0.593. The molecule has 0 bridgehead atoms. The fourth-order valence-corrected chi connectivity index (χ4v) is 3.85. The third kappa shape index (κ3) is 5.76. The second kappa shape index (κ2) is 7.11. The smallest absolute Gasteiger partial charge is 0.410 e. The molecule has 1 saturated heterocycles. The van der Waals surface area contributed by atoms with Crippen LogP contribution in [0.25, 0.3) is 0 Å². The number of carbonyl (C=O) groups excluding carboxylic acids is 1. The van der Waals surface area contributed by atoms with Gasteiger partial charge in [0.15, 0.2) is 8.32 Å². The van der Waals surface area contributed by atoms with Crippen molar-refractivity contribution in [1.82, 2.24) is 4.90 Å². The molecule has 5 nitrogen and oxygen atoms in total. The van der Waals surface area contributed by atoms with Crippen molar-refractivity contribution in [2.45, 2.75) is 90.3 Å². The van der Waals surface area contributed by atoms with E-state index in [4.69, 9.17) is 9.16 Å². The average Bonchev–Trinajstić information content (AvgIpc) is 2.34. The van der Waals surface area contributed by atoms with Crippen LogP contribution in [0.4, 0.5) is 4.79 Å². The lowest BCUT2D eigenvalue weighted by Gasteiger charge is -2.44. The highest BCUT2D eigenvalue weighted by atomic mass is 28.4. The topological polar surface area (TPSA) is 59.0 Å². The van der Waals surface area contributed by atoms with Crippen molar-refractivity contribution in [3.63, 3.8) is 0 Å². The normalized spacial score (nSPS) is 23.8. The van der Waals surface area contributed by atoms with Gasteiger partial charge < -0.3 is 19.2 Å². The zero-order valence-electron chi connectivity index (χ0n) is 16.1. The zero-order chi connectivity index (χ0) is 18.1. The van der Waals surface area contributed by atoms with Crippen molar-refractivity contribution < 1.29 is 19.1 Å². The Balaban J connectivity index is 2.71. The number of amides is 1. The van der Waals surface area contributed by atoms with Crippen molar-refractivity contribution in [3.8, 4) is 0 Å². The van der Waals surface area contributed by atoms with E-state index < -0.39 is 13.9 Å². The minimum Gasteiger partial charge on any atom is -0.444 e. The van der Waals surface area contributed by atoms with Crippen LogP contribution in [-0.2, 0) is 9.16 Å². The minimum absolute atomic E-state index is 0.0589. The van der Waals surface area contributed by atoms with Gasteiger partial charge in [0.05, 0.1) is 12.6 Å². The van der Waals surface area contributed by atoms with E-state index in [2.05, 4.69) is 33.9 Å². The Morgan fingerprint density at radius 1 is 1.22 bits per heavy atom. The van der Waals surface area contributed by atoms with Crippen LogP contribution in [0.5, 0.6) is 0 Å². The molecule has 23 heavy (non-hydrogen) atoms. The zero-order valence-corrected chi connectivity index (χ0v) is 17.1. The summed E-state index contributed by atoms with van der Waals surface area (Å²) >= 11 is 0. The fourth-order valence-electron chi connectivity index (χ4n) is 2.45. The Morgan fingerprint density at radius 3 is 2.22 bits per heavy atom. The summed E-state index contributed by atoms with van der Waals surface area (Å²) in [5, 5.41) is 9.85. The molecule has 6 heteroatoms. The summed E-state index contributed by atoms with van der Waals surface area (Å²) in [7, 11) is -1.84. The van der Waals surface area contributed by atoms with Gasteiger partial charge in [-0.1, -0.05) is 20.8 Å². The van der Waals surface area contributed by atoms with Crippen LogP contribution in [0.15, 0.2) is 0 Å². The van der Waals surface area contributed by atoms with Crippen LogP contribution in [0.2, 0.25) is 18.1 Å². The molecule has 1 amide bonds. The van der Waals surface area contributed by atoms with Crippen LogP contribution in [0.1, 0.15) is 54.4 Å². The predicted octanol–water partition coefficient (Wildman–Crippen LogP) is 3.77. The first-order valence-corrected chi connectivity index (χ1v) is 11.5. The maximum atomic E-state index is 12.3. The lowest BCUT2D eigenvalue weighted by Crippen LogP contribution is -2.53. The molecule has 2 unspecified atom stereocenters. The van der Waals surface area contributed by atoms with E-state index >= 15 is 0 Å². The first kappa shape index (κ1) is 20.5. The van der Waals surface area contributed by atoms with E-state index in [1.54, 1.807) is 4.90 Å². The van der Waals surface area contributed by atoms with Gasteiger partial charge in [0.1, 0.15) is 5.60 Å². The van der Waals surface area contributed by atoms with Gasteiger partial charge in [-0.05, 0) is 51.7 Å². The summed E-state index contributed by atoms with van der Waals surface area (Å²) in [4.78, 5) is 13.9. The Kier molecular flexibility index (Phi) is 6.32. The largest absolute Gasteiger partial charge is 0.444 e. The lowest BCUT2D eigenvalue weighted by atomic mass is 10.0. The molecule has 1 fully saturated rings. The number of hydrogen-bond donors (Lipinski definition) is 1. The van der Waals surface area contributed by atoms with Crippen LogP contribution < -0.4 is 0 Å². The monoisotopic (exact) mass is 345 g/mol. The molecule has 1 heterocycles. The van der Waals surface area contributed by atoms with Gasteiger partial charge in [-0.25, -0.2) is 4.79 Å². The first-order valence-electron chi connectivity index (χ1n) is 8.55. The summed E-state index contributed by atoms with van der Waals surface area (Å²) in [6, 6.07) is -0.228. The van der Waals surface area contributed by atoms with Crippen molar-refractivity contribution in [1.29, 1.82) is 0 Å². The molecule has 1 N–H and O–H groups in total. The standard InChI is InChI=1S/C17H35NO4Si/c1-16(2,3)21-15(20)18-10-9-14(11-13(18)12-19)22-23(7,8)17(4,5)6/h13-14,19H,9-12H2,1-8H3. The quantitative estimate of drug-likeness (QED) is 0.791. The molecule has 1 aliphatic heterocycles. The Morgan fingerprint density at radius 2 is 1.78 bits per heavy atom. The molecule has 0 aromatic heterocycles. The molecule has 0 spiro atoms. The molecular formula is C17H35NO4Si. The highest BCUT2D eigenvalue weighted by Crippen LogP contribution is 2.39. The van der Waals surface area contributed by atoms with Gasteiger partial charge in [0.25, 0.3) is 0 Å².